The number of piperidine rings is 1. The summed E-state index contributed by atoms with van der Waals surface area (Å²) in [7, 11) is 0. The molecular weight excluding hydrogens is 573 g/mol. The third kappa shape index (κ3) is 8.33. The Morgan fingerprint density at radius 2 is 1.90 bits per heavy atom. The third-order valence-corrected chi connectivity index (χ3v) is 7.46. The summed E-state index contributed by atoms with van der Waals surface area (Å²) < 4.78 is 41.4. The summed E-state index contributed by atoms with van der Waals surface area (Å²) in [4.78, 5) is 18.5. The number of aromatic nitrogens is 5. The molecule has 11 nitrogen and oxygen atoms in total. The van der Waals surface area contributed by atoms with Crippen LogP contribution in [0.1, 0.15) is 35.0 Å². The summed E-state index contributed by atoms with van der Waals surface area (Å²) in [6.45, 7) is 1.46. The van der Waals surface area contributed by atoms with E-state index in [1.807, 2.05) is 12.1 Å². The maximum Gasteiger partial charge on any atom is 0.573 e. The number of benzene rings is 1. The van der Waals surface area contributed by atoms with E-state index >= 15 is 0 Å². The first-order valence-electron chi connectivity index (χ1n) is 13.1. The Kier molecular flexibility index (Phi) is 9.07. The molecule has 3 aromatic heterocycles. The molecule has 1 unspecified atom stereocenters. The monoisotopic (exact) mass is 600 g/mol. The lowest BCUT2D eigenvalue weighted by atomic mass is 9.98. The smallest absolute Gasteiger partial charge is 0.406 e. The molecule has 1 amide bonds. The van der Waals surface area contributed by atoms with E-state index in [-0.39, 0.29) is 30.4 Å². The number of pyridine rings is 1. The first kappa shape index (κ1) is 29.1. The van der Waals surface area contributed by atoms with E-state index in [9.17, 15) is 23.1 Å². The summed E-state index contributed by atoms with van der Waals surface area (Å²) in [5, 5.41) is 34.1. The van der Waals surface area contributed by atoms with Crippen molar-refractivity contribution in [3.8, 4) is 5.75 Å². The largest absolute Gasteiger partial charge is 0.573 e. The van der Waals surface area contributed by atoms with E-state index in [4.69, 9.17) is 0 Å². The molecule has 0 bridgehead atoms. The molecule has 5 rings (SSSR count). The average molecular weight is 601 g/mol. The number of anilines is 3. The molecule has 1 aliphatic heterocycles. The van der Waals surface area contributed by atoms with E-state index in [0.717, 1.165) is 30.9 Å². The zero-order valence-corrected chi connectivity index (χ0v) is 23.0. The van der Waals surface area contributed by atoms with Gasteiger partial charge in [0, 0.05) is 37.3 Å². The maximum absolute atomic E-state index is 12.5. The number of hydrogen-bond acceptors (Lipinski definition) is 11. The lowest BCUT2D eigenvalue weighted by Crippen LogP contribution is -2.33. The molecule has 1 saturated heterocycles. The number of carbonyl (C=O) groups is 1. The zero-order chi connectivity index (χ0) is 29.5. The summed E-state index contributed by atoms with van der Waals surface area (Å²) in [5.74, 6) is 0.694. The van der Waals surface area contributed by atoms with Crippen LogP contribution in [0, 0.1) is 0 Å². The molecule has 1 atom stereocenters. The molecule has 0 saturated carbocycles. The number of nitrogens with zero attached hydrogens (tertiary/aromatic N) is 6. The van der Waals surface area contributed by atoms with E-state index in [1.54, 1.807) is 30.5 Å². The number of aliphatic hydroxyl groups excluding tert-OH is 1. The van der Waals surface area contributed by atoms with Gasteiger partial charge in [-0.2, -0.15) is 0 Å². The maximum atomic E-state index is 12.5. The second-order valence-corrected chi connectivity index (χ2v) is 10.6. The zero-order valence-electron chi connectivity index (χ0n) is 22.2. The fourth-order valence-corrected chi connectivity index (χ4v) is 5.47. The van der Waals surface area contributed by atoms with Gasteiger partial charge in [0.2, 0.25) is 11.0 Å². The van der Waals surface area contributed by atoms with Crippen LogP contribution in [-0.4, -0.2) is 62.1 Å². The van der Waals surface area contributed by atoms with Crippen LogP contribution in [0.5, 0.6) is 5.75 Å². The molecule has 0 spiro atoms. The number of hydrogen-bond donors (Lipinski definition) is 3. The molecule has 3 N–H and O–H groups in total. The molecule has 15 heteroatoms. The molecule has 42 heavy (non-hydrogen) atoms. The van der Waals surface area contributed by atoms with E-state index in [0.29, 0.717) is 28.0 Å². The Morgan fingerprint density at radius 3 is 2.62 bits per heavy atom. The number of aliphatic hydroxyl groups is 1. The van der Waals surface area contributed by atoms with Gasteiger partial charge in [-0.05, 0) is 54.8 Å². The lowest BCUT2D eigenvalue weighted by Gasteiger charge is -2.31. The molecule has 4 aromatic rings. The number of rotatable bonds is 10. The first-order chi connectivity index (χ1) is 20.2. The predicted octanol–water partition coefficient (Wildman–Crippen LogP) is 4.16. The number of halogens is 3. The van der Waals surface area contributed by atoms with Crippen LogP contribution in [0.2, 0.25) is 0 Å². The van der Waals surface area contributed by atoms with Gasteiger partial charge in [-0.15, -0.1) is 33.6 Å². The minimum Gasteiger partial charge on any atom is -0.406 e. The molecule has 1 aromatic carbocycles. The van der Waals surface area contributed by atoms with E-state index in [2.05, 4.69) is 45.6 Å². The number of amides is 1. The van der Waals surface area contributed by atoms with Crippen molar-refractivity contribution in [3.63, 3.8) is 0 Å². The highest BCUT2D eigenvalue weighted by Crippen LogP contribution is 2.33. The number of nitrogens with one attached hydrogen (secondary N) is 2. The molecule has 1 fully saturated rings. The third-order valence-electron chi connectivity index (χ3n) is 6.45. The van der Waals surface area contributed by atoms with Crippen molar-refractivity contribution in [3.05, 3.63) is 77.1 Å². The predicted molar refractivity (Wildman–Crippen MR) is 149 cm³/mol. The normalized spacial score (nSPS) is 14.8. The number of ether oxygens (including phenoxy) is 1. The standard InChI is InChI=1S/C27H27F3N8O3S/c28-27(29,30)41-20-6-3-4-17(14-20)15-23(39)33-26-37-36-25(42-26)18-9-12-38(13-10-18)22-8-7-21(34-35-22)32-24(40)16-19-5-1-2-11-31-19/h1-8,11,14,18,23,39H,9-10,12-13,15-16H2,(H,33,37)(H,32,34,40). The first-order valence-corrected chi connectivity index (χ1v) is 13.9. The Hall–Kier alpha value is -4.37. The van der Waals surface area contributed by atoms with Crippen molar-refractivity contribution < 1.29 is 27.8 Å². The molecule has 0 radical (unpaired) electrons. The second kappa shape index (κ2) is 13.1. The highest BCUT2D eigenvalue weighted by atomic mass is 32.1. The lowest BCUT2D eigenvalue weighted by molar-refractivity contribution is -0.274. The van der Waals surface area contributed by atoms with Crippen molar-refractivity contribution in [2.45, 2.75) is 44.2 Å². The second-order valence-electron chi connectivity index (χ2n) is 9.59. The van der Waals surface area contributed by atoms with E-state index < -0.39 is 12.6 Å². The minimum absolute atomic E-state index is 0.0517. The van der Waals surface area contributed by atoms with Gasteiger partial charge in [-0.25, -0.2) is 0 Å². The summed E-state index contributed by atoms with van der Waals surface area (Å²) in [5.41, 5.74) is 1.14. The van der Waals surface area contributed by atoms with Crippen molar-refractivity contribution in [2.24, 2.45) is 0 Å². The van der Waals surface area contributed by atoms with Crippen LogP contribution in [0.4, 0.5) is 29.9 Å². The van der Waals surface area contributed by atoms with Crippen molar-refractivity contribution >= 4 is 34.0 Å². The summed E-state index contributed by atoms with van der Waals surface area (Å²) in [6.07, 6.45) is -2.40. The van der Waals surface area contributed by atoms with Gasteiger partial charge in [0.1, 0.15) is 17.0 Å². The van der Waals surface area contributed by atoms with Crippen LogP contribution in [0.15, 0.2) is 60.8 Å². The topological polar surface area (TPSA) is 138 Å². The Balaban J connectivity index is 1.08. The Labute approximate surface area is 242 Å². The van der Waals surface area contributed by atoms with Gasteiger partial charge in [0.05, 0.1) is 6.42 Å². The van der Waals surface area contributed by atoms with Crippen LogP contribution < -0.4 is 20.3 Å². The SMILES string of the molecule is O=C(Cc1ccccn1)Nc1ccc(N2CCC(c3nnc(NC(O)Cc4cccc(OC(F)(F)F)c4)s3)CC2)nn1. The Morgan fingerprint density at radius 1 is 1.07 bits per heavy atom. The van der Waals surface area contributed by atoms with Gasteiger partial charge < -0.3 is 25.4 Å². The molecule has 0 aliphatic carbocycles. The number of carbonyl (C=O) groups excluding carboxylic acids is 1. The van der Waals surface area contributed by atoms with Gasteiger partial charge in [-0.1, -0.05) is 29.5 Å². The van der Waals surface area contributed by atoms with Crippen LogP contribution in [0.25, 0.3) is 0 Å². The molecule has 220 valence electrons. The van der Waals surface area contributed by atoms with Gasteiger partial charge in [0.25, 0.3) is 0 Å². The van der Waals surface area contributed by atoms with Crippen molar-refractivity contribution in [2.75, 3.05) is 28.6 Å². The minimum atomic E-state index is -4.78. The van der Waals surface area contributed by atoms with Gasteiger partial charge >= 0.3 is 6.36 Å². The average Bonchev–Trinajstić information content (AvgIpc) is 3.41. The van der Waals surface area contributed by atoms with Crippen LogP contribution in [0.3, 0.4) is 0 Å². The highest BCUT2D eigenvalue weighted by molar-refractivity contribution is 7.15. The van der Waals surface area contributed by atoms with Crippen LogP contribution >= 0.6 is 11.3 Å². The quantitative estimate of drug-likeness (QED) is 0.228. The fourth-order valence-electron chi connectivity index (χ4n) is 4.51. The van der Waals surface area contributed by atoms with Crippen molar-refractivity contribution in [1.82, 2.24) is 25.4 Å². The Bertz CT molecular complexity index is 1470. The molecular formula is C27H27F3N8O3S. The van der Waals surface area contributed by atoms with E-state index in [1.165, 1.54) is 29.5 Å². The summed E-state index contributed by atoms with van der Waals surface area (Å²) in [6, 6.07) is 14.4. The highest BCUT2D eigenvalue weighted by Gasteiger charge is 2.31. The van der Waals surface area contributed by atoms with Gasteiger partial charge in [-0.3, -0.25) is 9.78 Å². The summed E-state index contributed by atoms with van der Waals surface area (Å²) >= 11 is 1.34. The molecule has 1 aliphatic rings. The number of alkyl halides is 3. The molecule has 4 heterocycles. The van der Waals surface area contributed by atoms with Crippen LogP contribution in [-0.2, 0) is 17.6 Å². The van der Waals surface area contributed by atoms with Gasteiger partial charge in [0.15, 0.2) is 11.6 Å². The fraction of sp³-hybridized carbons (Fsp3) is 0.333. The van der Waals surface area contributed by atoms with Crippen molar-refractivity contribution in [1.29, 1.82) is 0 Å².